The summed E-state index contributed by atoms with van der Waals surface area (Å²) in [6, 6.07) is 12.7. The zero-order valence-corrected chi connectivity index (χ0v) is 18.9. The number of hydrogen-bond acceptors (Lipinski definition) is 7. The summed E-state index contributed by atoms with van der Waals surface area (Å²) in [6.45, 7) is 5.41. The van der Waals surface area contributed by atoms with Crippen LogP contribution in [0.15, 0.2) is 36.5 Å². The molecule has 5 heterocycles. The second kappa shape index (κ2) is 6.92. The van der Waals surface area contributed by atoms with Gasteiger partial charge in [0.15, 0.2) is 5.82 Å². The van der Waals surface area contributed by atoms with E-state index < -0.39 is 0 Å². The highest BCUT2D eigenvalue weighted by Gasteiger charge is 2.54. The summed E-state index contributed by atoms with van der Waals surface area (Å²) in [7, 11) is 0. The third-order valence-electron chi connectivity index (χ3n) is 7.37. The van der Waals surface area contributed by atoms with Crippen molar-refractivity contribution in [2.45, 2.75) is 32.0 Å². The van der Waals surface area contributed by atoms with Crippen molar-refractivity contribution in [3.63, 3.8) is 0 Å². The van der Waals surface area contributed by atoms with Crippen LogP contribution < -0.4 is 9.80 Å². The minimum Gasteiger partial charge on any atom is -0.354 e. The Morgan fingerprint density at radius 3 is 2.64 bits per heavy atom. The molecule has 3 fully saturated rings. The Kier molecular flexibility index (Phi) is 4.06. The fourth-order valence-electron chi connectivity index (χ4n) is 5.67. The van der Waals surface area contributed by atoms with E-state index in [1.165, 1.54) is 18.4 Å². The smallest absolute Gasteiger partial charge is 0.231 e. The molecule has 0 unspecified atom stereocenters. The number of benzene rings is 1. The van der Waals surface area contributed by atoms with Gasteiger partial charge in [0.2, 0.25) is 5.95 Å². The molecule has 166 valence electrons. The molecule has 1 aromatic carbocycles. The third-order valence-corrected chi connectivity index (χ3v) is 7.61. The molecule has 2 saturated heterocycles. The first-order valence-electron chi connectivity index (χ1n) is 11.4. The Morgan fingerprint density at radius 1 is 1.03 bits per heavy atom. The quantitative estimate of drug-likeness (QED) is 0.597. The van der Waals surface area contributed by atoms with E-state index in [2.05, 4.69) is 52.7 Å². The van der Waals surface area contributed by atoms with Gasteiger partial charge in [-0.05, 0) is 48.7 Å². The van der Waals surface area contributed by atoms with Gasteiger partial charge in [0, 0.05) is 55.4 Å². The van der Waals surface area contributed by atoms with E-state index in [9.17, 15) is 5.26 Å². The molecule has 0 radical (unpaired) electrons. The maximum absolute atomic E-state index is 9.39. The molecular formula is C24H23ClN8. The molecule has 8 nitrogen and oxygen atoms in total. The Bertz CT molecular complexity index is 1290. The highest BCUT2D eigenvalue weighted by molar-refractivity contribution is 6.30. The van der Waals surface area contributed by atoms with Crippen LogP contribution in [0, 0.1) is 16.7 Å². The number of pyridine rings is 1. The second-order valence-corrected chi connectivity index (χ2v) is 10.3. The van der Waals surface area contributed by atoms with Gasteiger partial charge in [0.05, 0.1) is 17.8 Å². The van der Waals surface area contributed by atoms with Crippen LogP contribution in [-0.2, 0) is 13.1 Å². The van der Waals surface area contributed by atoms with Gasteiger partial charge in [0.25, 0.3) is 0 Å². The number of nitrogens with zero attached hydrogens (tertiary/aromatic N) is 8. The van der Waals surface area contributed by atoms with Crippen LogP contribution in [0.2, 0.25) is 5.02 Å². The van der Waals surface area contributed by atoms with Gasteiger partial charge in [-0.25, -0.2) is 4.98 Å². The number of anilines is 2. The van der Waals surface area contributed by atoms with Crippen LogP contribution in [0.3, 0.4) is 0 Å². The molecule has 0 N–H and O–H groups in total. The number of nitriles is 1. The molecule has 9 heteroatoms. The normalized spacial score (nSPS) is 21.0. The average molecular weight is 459 g/mol. The zero-order valence-electron chi connectivity index (χ0n) is 18.2. The van der Waals surface area contributed by atoms with E-state index in [-0.39, 0.29) is 5.41 Å². The third kappa shape index (κ3) is 3.03. The first kappa shape index (κ1) is 19.3. The van der Waals surface area contributed by atoms with Crippen molar-refractivity contribution >= 4 is 23.4 Å². The van der Waals surface area contributed by atoms with E-state index in [1.54, 1.807) is 6.20 Å². The van der Waals surface area contributed by atoms with Crippen molar-refractivity contribution in [3.8, 4) is 11.8 Å². The molecule has 0 bridgehead atoms. The fourth-order valence-corrected chi connectivity index (χ4v) is 5.86. The Morgan fingerprint density at radius 2 is 1.85 bits per heavy atom. The summed E-state index contributed by atoms with van der Waals surface area (Å²) < 4.78 is 2.24. The number of hydrogen-bond donors (Lipinski definition) is 0. The van der Waals surface area contributed by atoms with Crippen LogP contribution in [0.5, 0.6) is 0 Å². The minimum atomic E-state index is 0.226. The lowest BCUT2D eigenvalue weighted by Crippen LogP contribution is -2.73. The monoisotopic (exact) mass is 458 g/mol. The van der Waals surface area contributed by atoms with E-state index in [4.69, 9.17) is 11.6 Å². The fraction of sp³-hybridized carbons (Fsp3) is 0.417. The minimum absolute atomic E-state index is 0.226. The van der Waals surface area contributed by atoms with E-state index in [0.29, 0.717) is 11.6 Å². The van der Waals surface area contributed by atoms with Crippen molar-refractivity contribution < 1.29 is 0 Å². The SMILES string of the molecule is N#Cc1cccnc1N1CC2(C1)CN(c1nnc3n1-c1ccc(Cl)cc1CN(C1CC1)C3)C2. The maximum Gasteiger partial charge on any atom is 0.231 e. The van der Waals surface area contributed by atoms with E-state index in [0.717, 1.165) is 67.6 Å². The highest BCUT2D eigenvalue weighted by atomic mass is 35.5. The van der Waals surface area contributed by atoms with E-state index >= 15 is 0 Å². The predicted octanol–water partition coefficient (Wildman–Crippen LogP) is 2.99. The van der Waals surface area contributed by atoms with E-state index in [1.807, 2.05) is 18.2 Å². The first-order chi connectivity index (χ1) is 16.1. The number of aromatic nitrogens is 4. The van der Waals surface area contributed by atoms with Crippen LogP contribution in [-0.4, -0.2) is 56.9 Å². The van der Waals surface area contributed by atoms with Gasteiger partial charge < -0.3 is 9.80 Å². The molecule has 33 heavy (non-hydrogen) atoms. The van der Waals surface area contributed by atoms with Crippen LogP contribution >= 0.6 is 11.6 Å². The van der Waals surface area contributed by atoms with Crippen LogP contribution in [0.4, 0.5) is 11.8 Å². The molecule has 0 amide bonds. The molecule has 0 atom stereocenters. The van der Waals surface area contributed by atoms with Crippen molar-refractivity contribution in [1.29, 1.82) is 5.26 Å². The van der Waals surface area contributed by atoms with Crippen molar-refractivity contribution in [3.05, 3.63) is 58.5 Å². The Balaban J connectivity index is 1.15. The molecule has 1 saturated carbocycles. The molecule has 2 aromatic heterocycles. The lowest BCUT2D eigenvalue weighted by Gasteiger charge is -2.60. The van der Waals surface area contributed by atoms with Crippen LogP contribution in [0.1, 0.15) is 29.8 Å². The molecule has 3 aromatic rings. The average Bonchev–Trinajstić information content (AvgIpc) is 3.56. The van der Waals surface area contributed by atoms with Crippen molar-refractivity contribution in [1.82, 2.24) is 24.6 Å². The lowest BCUT2D eigenvalue weighted by atomic mass is 9.73. The number of fused-ring (bicyclic) bond motifs is 3. The first-order valence-corrected chi connectivity index (χ1v) is 11.8. The van der Waals surface area contributed by atoms with Gasteiger partial charge in [-0.2, -0.15) is 5.26 Å². The zero-order chi connectivity index (χ0) is 22.2. The molecule has 7 rings (SSSR count). The Labute approximate surface area is 197 Å². The van der Waals surface area contributed by atoms with Crippen LogP contribution in [0.25, 0.3) is 5.69 Å². The van der Waals surface area contributed by atoms with Gasteiger partial charge >= 0.3 is 0 Å². The molecular weight excluding hydrogens is 436 g/mol. The molecule has 1 spiro atoms. The molecule has 4 aliphatic rings. The summed E-state index contributed by atoms with van der Waals surface area (Å²) in [5.74, 6) is 2.72. The summed E-state index contributed by atoms with van der Waals surface area (Å²) in [4.78, 5) is 11.5. The summed E-state index contributed by atoms with van der Waals surface area (Å²) in [6.07, 6.45) is 4.27. The van der Waals surface area contributed by atoms with Gasteiger partial charge in [-0.3, -0.25) is 9.47 Å². The Hall–Kier alpha value is -3.15. The largest absolute Gasteiger partial charge is 0.354 e. The summed E-state index contributed by atoms with van der Waals surface area (Å²) in [5.41, 5.74) is 3.24. The van der Waals surface area contributed by atoms with Crippen molar-refractivity contribution in [2.24, 2.45) is 5.41 Å². The number of halogens is 1. The highest BCUT2D eigenvalue weighted by Crippen LogP contribution is 2.44. The molecule has 1 aliphatic carbocycles. The standard InChI is InChI=1S/C24H23ClN8/c25-18-3-6-20-17(8-18)10-30(19-4-5-19)11-21-28-29-23(33(20)21)32-14-24(15-32)12-31(13-24)22-16(9-26)2-1-7-27-22/h1-3,6-8,19H,4-5,10-15H2. The summed E-state index contributed by atoms with van der Waals surface area (Å²) in [5, 5.41) is 19.4. The van der Waals surface area contributed by atoms with Gasteiger partial charge in [0.1, 0.15) is 11.9 Å². The maximum atomic E-state index is 9.39. The van der Waals surface area contributed by atoms with Gasteiger partial charge in [-0.1, -0.05) is 11.6 Å². The second-order valence-electron chi connectivity index (χ2n) is 9.86. The van der Waals surface area contributed by atoms with Gasteiger partial charge in [-0.15, -0.1) is 10.2 Å². The molecule has 3 aliphatic heterocycles. The summed E-state index contributed by atoms with van der Waals surface area (Å²) >= 11 is 6.36. The topological polar surface area (TPSA) is 77.1 Å². The predicted molar refractivity (Wildman–Crippen MR) is 124 cm³/mol. The number of rotatable bonds is 3. The van der Waals surface area contributed by atoms with Crippen molar-refractivity contribution in [2.75, 3.05) is 36.0 Å². The lowest BCUT2D eigenvalue weighted by molar-refractivity contribution is 0.153.